The smallest absolute Gasteiger partial charge is 0.260 e. The van der Waals surface area contributed by atoms with E-state index < -0.39 is 0 Å². The molecule has 0 bridgehead atoms. The number of hydrogen-bond donors (Lipinski definition) is 0. The molecule has 1 atom stereocenters. The van der Waals surface area contributed by atoms with Crippen molar-refractivity contribution in [3.8, 4) is 0 Å². The van der Waals surface area contributed by atoms with Crippen molar-refractivity contribution in [2.45, 2.75) is 97.6 Å². The van der Waals surface area contributed by atoms with Gasteiger partial charge in [-0.1, -0.05) is 26.7 Å². The first-order chi connectivity index (χ1) is 16.4. The van der Waals surface area contributed by atoms with E-state index in [0.717, 1.165) is 43.5 Å². The molecule has 5 heteroatoms. The molecule has 1 aromatic rings. The summed E-state index contributed by atoms with van der Waals surface area (Å²) in [6, 6.07) is 6.76. The fourth-order valence-corrected chi connectivity index (χ4v) is 6.85. The molecule has 34 heavy (non-hydrogen) atoms. The number of likely N-dealkylation sites (tertiary alicyclic amines) is 1. The van der Waals surface area contributed by atoms with E-state index in [9.17, 15) is 9.59 Å². The van der Waals surface area contributed by atoms with Gasteiger partial charge in [0.15, 0.2) is 0 Å². The summed E-state index contributed by atoms with van der Waals surface area (Å²) in [7, 11) is 0. The molecule has 0 N–H and O–H groups in total. The number of nitrogens with zero attached hydrogens (tertiary/aromatic N) is 3. The molecule has 2 heterocycles. The van der Waals surface area contributed by atoms with Crippen molar-refractivity contribution in [2.75, 3.05) is 31.1 Å². The maximum atomic E-state index is 13.0. The SMILES string of the molecule is CCCC(C)N(C=O)C(=O)c1ccc(N2CCC(N3CCC4(CC3)CC(CC)C4)CC2)cc1C. The van der Waals surface area contributed by atoms with Crippen molar-refractivity contribution in [1.82, 2.24) is 9.80 Å². The second-order valence-electron chi connectivity index (χ2n) is 11.4. The van der Waals surface area contributed by atoms with Crippen LogP contribution < -0.4 is 4.90 Å². The van der Waals surface area contributed by atoms with Gasteiger partial charge in [-0.2, -0.15) is 0 Å². The van der Waals surface area contributed by atoms with Gasteiger partial charge in [0, 0.05) is 36.4 Å². The molecule has 2 aliphatic heterocycles. The van der Waals surface area contributed by atoms with Gasteiger partial charge in [-0.15, -0.1) is 0 Å². The van der Waals surface area contributed by atoms with Crippen LogP contribution in [0.25, 0.3) is 0 Å². The number of benzene rings is 1. The highest BCUT2D eigenvalue weighted by Gasteiger charge is 2.45. The van der Waals surface area contributed by atoms with Gasteiger partial charge in [-0.3, -0.25) is 14.5 Å². The van der Waals surface area contributed by atoms with E-state index in [1.165, 1.54) is 68.6 Å². The van der Waals surface area contributed by atoms with Gasteiger partial charge in [0.05, 0.1) is 0 Å². The molecule has 4 rings (SSSR count). The third kappa shape index (κ3) is 5.19. The number of anilines is 1. The Labute approximate surface area is 206 Å². The average molecular weight is 468 g/mol. The number of imide groups is 1. The Hall–Kier alpha value is -1.88. The van der Waals surface area contributed by atoms with Crippen molar-refractivity contribution < 1.29 is 9.59 Å². The van der Waals surface area contributed by atoms with Gasteiger partial charge in [0.25, 0.3) is 5.91 Å². The molecule has 0 aromatic heterocycles. The van der Waals surface area contributed by atoms with Crippen LogP contribution in [0, 0.1) is 18.3 Å². The van der Waals surface area contributed by atoms with E-state index >= 15 is 0 Å². The number of hydrogen-bond acceptors (Lipinski definition) is 4. The van der Waals surface area contributed by atoms with E-state index in [2.05, 4.69) is 35.8 Å². The van der Waals surface area contributed by atoms with Gasteiger partial charge in [0.1, 0.15) is 0 Å². The summed E-state index contributed by atoms with van der Waals surface area (Å²) in [6.45, 7) is 13.1. The lowest BCUT2D eigenvalue weighted by atomic mass is 9.57. The molecule has 5 nitrogen and oxygen atoms in total. The van der Waals surface area contributed by atoms with Crippen LogP contribution in [0.15, 0.2) is 18.2 Å². The summed E-state index contributed by atoms with van der Waals surface area (Å²) in [5, 5.41) is 0. The molecule has 2 saturated heterocycles. The lowest BCUT2D eigenvalue weighted by Gasteiger charge is -2.54. The first-order valence-corrected chi connectivity index (χ1v) is 13.8. The van der Waals surface area contributed by atoms with Gasteiger partial charge < -0.3 is 9.80 Å². The first-order valence-electron chi connectivity index (χ1n) is 13.8. The fraction of sp³-hybridized carbons (Fsp3) is 0.724. The van der Waals surface area contributed by atoms with E-state index in [-0.39, 0.29) is 11.9 Å². The molecule has 1 spiro atoms. The molecule has 0 radical (unpaired) electrons. The van der Waals surface area contributed by atoms with Crippen LogP contribution >= 0.6 is 0 Å². The molecular formula is C29H45N3O2. The number of carbonyl (C=O) groups is 2. The van der Waals surface area contributed by atoms with Crippen molar-refractivity contribution in [1.29, 1.82) is 0 Å². The van der Waals surface area contributed by atoms with Crippen LogP contribution in [0.3, 0.4) is 0 Å². The summed E-state index contributed by atoms with van der Waals surface area (Å²) < 4.78 is 0. The van der Waals surface area contributed by atoms with Crippen molar-refractivity contribution in [2.24, 2.45) is 11.3 Å². The van der Waals surface area contributed by atoms with Crippen molar-refractivity contribution in [3.05, 3.63) is 29.3 Å². The second-order valence-corrected chi connectivity index (χ2v) is 11.4. The number of rotatable bonds is 8. The minimum Gasteiger partial charge on any atom is -0.371 e. The number of aryl methyl sites for hydroxylation is 1. The van der Waals surface area contributed by atoms with Crippen LogP contribution in [0.5, 0.6) is 0 Å². The lowest BCUT2D eigenvalue weighted by molar-refractivity contribution is -0.117. The fourth-order valence-electron chi connectivity index (χ4n) is 6.85. The zero-order valence-electron chi connectivity index (χ0n) is 21.9. The largest absolute Gasteiger partial charge is 0.371 e. The van der Waals surface area contributed by atoms with Crippen LogP contribution in [0.4, 0.5) is 5.69 Å². The number of piperidine rings is 2. The second kappa shape index (κ2) is 10.8. The molecule has 1 unspecified atom stereocenters. The topological polar surface area (TPSA) is 43.9 Å². The Morgan fingerprint density at radius 3 is 2.38 bits per heavy atom. The monoisotopic (exact) mass is 467 g/mol. The molecule has 1 saturated carbocycles. The normalized spacial score (nSPS) is 22.4. The Morgan fingerprint density at radius 1 is 1.15 bits per heavy atom. The van der Waals surface area contributed by atoms with Crippen LogP contribution in [0.1, 0.15) is 94.5 Å². The zero-order valence-corrected chi connectivity index (χ0v) is 21.9. The predicted molar refractivity (Wildman–Crippen MR) is 139 cm³/mol. The third-order valence-electron chi connectivity index (χ3n) is 9.20. The molecule has 3 aliphatic rings. The van der Waals surface area contributed by atoms with Gasteiger partial charge in [0.2, 0.25) is 6.41 Å². The quantitative estimate of drug-likeness (QED) is 0.463. The van der Waals surface area contributed by atoms with Crippen LogP contribution in [0.2, 0.25) is 0 Å². The summed E-state index contributed by atoms with van der Waals surface area (Å²) in [4.78, 5) is 31.2. The molecule has 188 valence electrons. The van der Waals surface area contributed by atoms with Gasteiger partial charge in [-0.05, 0) is 107 Å². The Kier molecular flexibility index (Phi) is 8.01. The highest BCUT2D eigenvalue weighted by atomic mass is 16.2. The Morgan fingerprint density at radius 2 is 1.82 bits per heavy atom. The minimum atomic E-state index is -0.182. The third-order valence-corrected chi connectivity index (χ3v) is 9.20. The maximum Gasteiger partial charge on any atom is 0.260 e. The molecule has 1 aromatic carbocycles. The van der Waals surface area contributed by atoms with Gasteiger partial charge in [-0.25, -0.2) is 0 Å². The molecule has 1 aliphatic carbocycles. The number of amides is 2. The molecular weight excluding hydrogens is 422 g/mol. The summed E-state index contributed by atoms with van der Waals surface area (Å²) >= 11 is 0. The highest BCUT2D eigenvalue weighted by molar-refractivity contribution is 6.01. The number of carbonyl (C=O) groups excluding carboxylic acids is 2. The average Bonchev–Trinajstić information content (AvgIpc) is 2.83. The maximum absolute atomic E-state index is 13.0. The Balaban J connectivity index is 1.30. The summed E-state index contributed by atoms with van der Waals surface area (Å²) in [5.41, 5.74) is 3.48. The Bertz CT molecular complexity index is 845. The van der Waals surface area contributed by atoms with Crippen LogP contribution in [-0.2, 0) is 4.79 Å². The van der Waals surface area contributed by atoms with E-state index in [1.807, 2.05) is 19.9 Å². The minimum absolute atomic E-state index is 0.0739. The predicted octanol–water partition coefficient (Wildman–Crippen LogP) is 5.65. The van der Waals surface area contributed by atoms with E-state index in [4.69, 9.17) is 0 Å². The zero-order chi connectivity index (χ0) is 24.3. The first kappa shape index (κ1) is 25.2. The lowest BCUT2D eigenvalue weighted by Crippen LogP contribution is -2.52. The van der Waals surface area contributed by atoms with Crippen LogP contribution in [-0.4, -0.2) is 60.4 Å². The summed E-state index contributed by atoms with van der Waals surface area (Å²) in [5.74, 6) is 0.819. The highest BCUT2D eigenvalue weighted by Crippen LogP contribution is 2.53. The van der Waals surface area contributed by atoms with Crippen molar-refractivity contribution in [3.63, 3.8) is 0 Å². The van der Waals surface area contributed by atoms with E-state index in [1.54, 1.807) is 0 Å². The molecule has 3 fully saturated rings. The molecule has 2 amide bonds. The van der Waals surface area contributed by atoms with E-state index in [0.29, 0.717) is 17.4 Å². The summed E-state index contributed by atoms with van der Waals surface area (Å²) in [6.07, 6.45) is 12.1. The standard InChI is InChI=1S/C29H45N3O2/c1-5-7-23(4)32(21-33)28(34)27-9-8-26(18-22(27)3)30-14-10-25(11-15-30)31-16-12-29(13-17-31)19-24(6-2)20-29/h8-9,18,21,23-25H,5-7,10-17,19-20H2,1-4H3. The van der Waals surface area contributed by atoms with Gasteiger partial charge >= 0.3 is 0 Å². The van der Waals surface area contributed by atoms with Crippen molar-refractivity contribution >= 4 is 18.0 Å².